The first kappa shape index (κ1) is 16.1. The van der Waals surface area contributed by atoms with Crippen LogP contribution in [-0.4, -0.2) is 15.9 Å². The van der Waals surface area contributed by atoms with Gasteiger partial charge in [0, 0.05) is 21.9 Å². The summed E-state index contributed by atoms with van der Waals surface area (Å²) in [5.74, 6) is 0.285. The number of hydrogen-bond acceptors (Lipinski definition) is 4. The summed E-state index contributed by atoms with van der Waals surface area (Å²) >= 11 is 3.41. The van der Waals surface area contributed by atoms with Gasteiger partial charge in [-0.1, -0.05) is 34.1 Å². The smallest absolute Gasteiger partial charge is 0.274 e. The van der Waals surface area contributed by atoms with Crippen LogP contribution in [0.2, 0.25) is 0 Å². The highest BCUT2D eigenvalue weighted by molar-refractivity contribution is 9.10. The Morgan fingerprint density at radius 2 is 1.83 bits per heavy atom. The highest BCUT2D eigenvalue weighted by Crippen LogP contribution is 2.21. The van der Waals surface area contributed by atoms with Crippen LogP contribution in [0.5, 0.6) is 0 Å². The predicted molar refractivity (Wildman–Crippen MR) is 98.6 cm³/mol. The van der Waals surface area contributed by atoms with Gasteiger partial charge in [-0.3, -0.25) is 4.79 Å². The number of nitrogens with zero attached hydrogens (tertiary/aromatic N) is 2. The van der Waals surface area contributed by atoms with Crippen LogP contribution in [0, 0.1) is 6.92 Å². The van der Waals surface area contributed by atoms with Crippen LogP contribution in [-0.2, 0) is 0 Å². The lowest BCUT2D eigenvalue weighted by Gasteiger charge is -2.09. The first-order valence-corrected chi connectivity index (χ1v) is 8.13. The monoisotopic (exact) mass is 382 g/mol. The molecule has 0 saturated heterocycles. The molecule has 5 nitrogen and oxygen atoms in total. The molecule has 1 heterocycles. The molecule has 120 valence electrons. The summed E-state index contributed by atoms with van der Waals surface area (Å²) in [6.45, 7) is 1.93. The lowest BCUT2D eigenvalue weighted by molar-refractivity contribution is 0.102. The van der Waals surface area contributed by atoms with Crippen LogP contribution in [0.25, 0.3) is 0 Å². The standard InChI is InChI=1S/C18H15BrN4O/c1-12-9-13(19)7-8-15(12)23-18(24)16-10-17(21-11-20-16)22-14-5-3-2-4-6-14/h2-11H,1H3,(H,23,24)(H,20,21,22). The van der Waals surface area contributed by atoms with Crippen molar-refractivity contribution < 1.29 is 4.79 Å². The maximum absolute atomic E-state index is 12.4. The van der Waals surface area contributed by atoms with E-state index in [1.54, 1.807) is 6.07 Å². The molecule has 0 radical (unpaired) electrons. The number of anilines is 3. The molecule has 3 aromatic rings. The fourth-order valence-electron chi connectivity index (χ4n) is 2.17. The van der Waals surface area contributed by atoms with Crippen molar-refractivity contribution in [1.29, 1.82) is 0 Å². The highest BCUT2D eigenvalue weighted by atomic mass is 79.9. The van der Waals surface area contributed by atoms with Crippen LogP contribution in [0.1, 0.15) is 16.1 Å². The Hall–Kier alpha value is -2.73. The number of aryl methyl sites for hydroxylation is 1. The van der Waals surface area contributed by atoms with Gasteiger partial charge in [0.1, 0.15) is 17.8 Å². The fourth-order valence-corrected chi connectivity index (χ4v) is 2.65. The van der Waals surface area contributed by atoms with Gasteiger partial charge in [0.25, 0.3) is 5.91 Å². The predicted octanol–water partition coefficient (Wildman–Crippen LogP) is 4.54. The van der Waals surface area contributed by atoms with Crippen molar-refractivity contribution >= 4 is 39.0 Å². The van der Waals surface area contributed by atoms with E-state index in [9.17, 15) is 4.79 Å². The first-order valence-electron chi connectivity index (χ1n) is 7.33. The van der Waals surface area contributed by atoms with Gasteiger partial charge in [-0.15, -0.1) is 0 Å². The van der Waals surface area contributed by atoms with E-state index in [1.807, 2.05) is 55.5 Å². The molecule has 2 N–H and O–H groups in total. The number of aromatic nitrogens is 2. The van der Waals surface area contributed by atoms with Gasteiger partial charge in [0.05, 0.1) is 0 Å². The third kappa shape index (κ3) is 3.97. The molecule has 0 aliphatic carbocycles. The Morgan fingerprint density at radius 1 is 1.04 bits per heavy atom. The maximum atomic E-state index is 12.4. The van der Waals surface area contributed by atoms with Gasteiger partial charge in [-0.05, 0) is 42.8 Å². The molecule has 0 spiro atoms. The number of nitrogens with one attached hydrogen (secondary N) is 2. The minimum Gasteiger partial charge on any atom is -0.340 e. The first-order chi connectivity index (χ1) is 11.6. The Balaban J connectivity index is 1.77. The fraction of sp³-hybridized carbons (Fsp3) is 0.0556. The summed E-state index contributed by atoms with van der Waals surface area (Å²) in [5, 5.41) is 6.01. The van der Waals surface area contributed by atoms with Crippen molar-refractivity contribution in [2.75, 3.05) is 10.6 Å². The van der Waals surface area contributed by atoms with Crippen molar-refractivity contribution in [2.24, 2.45) is 0 Å². The number of hydrogen-bond donors (Lipinski definition) is 2. The normalized spacial score (nSPS) is 10.2. The molecule has 1 aromatic heterocycles. The van der Waals surface area contributed by atoms with E-state index in [4.69, 9.17) is 0 Å². The Bertz CT molecular complexity index is 868. The van der Waals surface area contributed by atoms with Gasteiger partial charge in [-0.25, -0.2) is 9.97 Å². The van der Waals surface area contributed by atoms with Crippen LogP contribution < -0.4 is 10.6 Å². The van der Waals surface area contributed by atoms with E-state index in [0.717, 1.165) is 21.4 Å². The molecule has 0 bridgehead atoms. The van der Waals surface area contributed by atoms with Crippen molar-refractivity contribution in [3.05, 3.63) is 76.7 Å². The molecule has 6 heteroatoms. The third-order valence-electron chi connectivity index (χ3n) is 3.38. The number of rotatable bonds is 4. The average molecular weight is 383 g/mol. The molecule has 0 aliphatic rings. The average Bonchev–Trinajstić information content (AvgIpc) is 2.58. The molecule has 0 saturated carbocycles. The molecule has 1 amide bonds. The van der Waals surface area contributed by atoms with Crippen molar-refractivity contribution in [3.8, 4) is 0 Å². The second kappa shape index (κ2) is 7.23. The number of benzene rings is 2. The maximum Gasteiger partial charge on any atom is 0.274 e. The number of amides is 1. The minimum atomic E-state index is -0.279. The van der Waals surface area contributed by atoms with E-state index in [1.165, 1.54) is 6.33 Å². The largest absolute Gasteiger partial charge is 0.340 e. The highest BCUT2D eigenvalue weighted by Gasteiger charge is 2.11. The minimum absolute atomic E-state index is 0.279. The molecular weight excluding hydrogens is 368 g/mol. The van der Waals surface area contributed by atoms with Crippen LogP contribution in [0.3, 0.4) is 0 Å². The summed E-state index contributed by atoms with van der Waals surface area (Å²) in [6.07, 6.45) is 1.37. The van der Waals surface area contributed by atoms with Crippen molar-refractivity contribution in [2.45, 2.75) is 6.92 Å². The van der Waals surface area contributed by atoms with E-state index in [2.05, 4.69) is 36.5 Å². The summed E-state index contributed by atoms with van der Waals surface area (Å²) in [6, 6.07) is 16.9. The molecule has 0 fully saturated rings. The second-order valence-corrected chi connectivity index (χ2v) is 6.11. The molecule has 2 aromatic carbocycles. The van der Waals surface area contributed by atoms with E-state index in [-0.39, 0.29) is 5.91 Å². The zero-order valence-electron chi connectivity index (χ0n) is 13.0. The Labute approximate surface area is 148 Å². The molecule has 0 aliphatic heterocycles. The van der Waals surface area contributed by atoms with Gasteiger partial charge in [0.2, 0.25) is 0 Å². The SMILES string of the molecule is Cc1cc(Br)ccc1NC(=O)c1cc(Nc2ccccc2)ncn1. The summed E-state index contributed by atoms with van der Waals surface area (Å²) in [7, 11) is 0. The zero-order chi connectivity index (χ0) is 16.9. The molecule has 24 heavy (non-hydrogen) atoms. The Kier molecular flexibility index (Phi) is 4.86. The van der Waals surface area contributed by atoms with Gasteiger partial charge >= 0.3 is 0 Å². The molecule has 3 rings (SSSR count). The Morgan fingerprint density at radius 3 is 2.58 bits per heavy atom. The second-order valence-electron chi connectivity index (χ2n) is 5.19. The molecule has 0 atom stereocenters. The van der Waals surface area contributed by atoms with Crippen LogP contribution in [0.15, 0.2) is 65.4 Å². The van der Waals surface area contributed by atoms with Crippen molar-refractivity contribution in [3.63, 3.8) is 0 Å². The zero-order valence-corrected chi connectivity index (χ0v) is 14.5. The van der Waals surface area contributed by atoms with E-state index >= 15 is 0 Å². The molecule has 0 unspecified atom stereocenters. The lowest BCUT2D eigenvalue weighted by atomic mass is 10.2. The summed E-state index contributed by atoms with van der Waals surface area (Å²) in [5.41, 5.74) is 2.91. The van der Waals surface area contributed by atoms with E-state index < -0.39 is 0 Å². The lowest BCUT2D eigenvalue weighted by Crippen LogP contribution is -2.15. The summed E-state index contributed by atoms with van der Waals surface area (Å²) < 4.78 is 0.967. The topological polar surface area (TPSA) is 66.9 Å². The van der Waals surface area contributed by atoms with Gasteiger partial charge < -0.3 is 10.6 Å². The number of carbonyl (C=O) groups excluding carboxylic acids is 1. The van der Waals surface area contributed by atoms with Crippen LogP contribution in [0.4, 0.5) is 17.2 Å². The van der Waals surface area contributed by atoms with Crippen LogP contribution >= 0.6 is 15.9 Å². The van der Waals surface area contributed by atoms with Gasteiger partial charge in [0.15, 0.2) is 0 Å². The van der Waals surface area contributed by atoms with Gasteiger partial charge in [-0.2, -0.15) is 0 Å². The number of para-hydroxylation sites is 1. The van der Waals surface area contributed by atoms with Crippen molar-refractivity contribution in [1.82, 2.24) is 9.97 Å². The summed E-state index contributed by atoms with van der Waals surface area (Å²) in [4.78, 5) is 20.6. The quantitative estimate of drug-likeness (QED) is 0.694. The number of halogens is 1. The number of carbonyl (C=O) groups is 1. The third-order valence-corrected chi connectivity index (χ3v) is 3.88. The molecular formula is C18H15BrN4O. The van der Waals surface area contributed by atoms with E-state index in [0.29, 0.717) is 11.5 Å².